The van der Waals surface area contributed by atoms with Crippen LogP contribution in [0, 0.1) is 13.8 Å². The first-order valence-corrected chi connectivity index (χ1v) is 9.71. The molecular weight excluding hydrogens is 417 g/mol. The average molecular weight is 442 g/mol. The highest BCUT2D eigenvalue weighted by atomic mass is 35.5. The predicted molar refractivity (Wildman–Crippen MR) is 121 cm³/mol. The van der Waals surface area contributed by atoms with E-state index in [2.05, 4.69) is 37.4 Å². The Labute approximate surface area is 181 Å². The molecule has 0 aliphatic carbocycles. The van der Waals surface area contributed by atoms with Crippen LogP contribution in [0.25, 0.3) is 0 Å². The van der Waals surface area contributed by atoms with Gasteiger partial charge in [0.2, 0.25) is 5.95 Å². The topological polar surface area (TPSA) is 86.5 Å². The van der Waals surface area contributed by atoms with Crippen molar-refractivity contribution in [3.63, 3.8) is 0 Å². The number of thioether (sulfide) groups is 1. The van der Waals surface area contributed by atoms with Crippen LogP contribution in [-0.2, 0) is 12.2 Å². The molecule has 0 saturated carbocycles. The zero-order valence-electron chi connectivity index (χ0n) is 15.8. The highest BCUT2D eigenvalue weighted by Crippen LogP contribution is 2.12. The van der Waals surface area contributed by atoms with E-state index in [-0.39, 0.29) is 30.4 Å². The van der Waals surface area contributed by atoms with Crippen LogP contribution in [0.4, 0.5) is 5.95 Å². The summed E-state index contributed by atoms with van der Waals surface area (Å²) in [7, 11) is 0. The van der Waals surface area contributed by atoms with Gasteiger partial charge in [0.05, 0.1) is 12.0 Å². The molecule has 0 fully saturated rings. The second-order valence-corrected chi connectivity index (χ2v) is 7.31. The summed E-state index contributed by atoms with van der Waals surface area (Å²) in [6.07, 6.45) is 3.96. The normalized spacial score (nSPS) is 10.1. The van der Waals surface area contributed by atoms with Crippen molar-refractivity contribution in [2.24, 2.45) is 0 Å². The van der Waals surface area contributed by atoms with Gasteiger partial charge < -0.3 is 10.3 Å². The zero-order valence-corrected chi connectivity index (χ0v) is 18.3. The van der Waals surface area contributed by atoms with Crippen LogP contribution in [0.5, 0.6) is 0 Å². The summed E-state index contributed by atoms with van der Waals surface area (Å²) >= 11 is 1.79. The summed E-state index contributed by atoms with van der Waals surface area (Å²) in [6.45, 7) is 4.80. The first-order chi connectivity index (χ1) is 12.6. The van der Waals surface area contributed by atoms with Crippen molar-refractivity contribution in [3.8, 4) is 0 Å². The van der Waals surface area contributed by atoms with Crippen molar-refractivity contribution in [2.75, 3.05) is 17.6 Å². The number of H-pyrrole nitrogens is 2. The molecule has 0 radical (unpaired) electrons. The number of rotatable bonds is 8. The largest absolute Gasteiger partial charge is 0.355 e. The minimum absolute atomic E-state index is 0. The molecule has 3 rings (SSSR count). The molecule has 6 nitrogen and oxygen atoms in total. The Balaban J connectivity index is 0.00000196. The van der Waals surface area contributed by atoms with Gasteiger partial charge in [0, 0.05) is 41.9 Å². The van der Waals surface area contributed by atoms with Gasteiger partial charge >= 0.3 is 0 Å². The molecule has 0 spiro atoms. The average Bonchev–Trinajstić information content (AvgIpc) is 3.04. The Kier molecular flexibility index (Phi) is 10.1. The molecule has 152 valence electrons. The second kappa shape index (κ2) is 11.8. The highest BCUT2D eigenvalue weighted by Gasteiger charge is 2.05. The number of imidazole rings is 1. The standard InChI is InChI=1S/C19H23N5OS.2ClH/c1-13-3-5-15(6-4-13)9-16-10-21-19(24-18(16)25)20-7-8-26-11-17-14(2)22-12-23-17;;/h3-6,10,12H,7-9,11H2,1-2H3,(H,22,23)(H2,20,21,24,25);2*1H. The van der Waals surface area contributed by atoms with E-state index < -0.39 is 0 Å². The molecule has 0 aliphatic heterocycles. The molecule has 3 aromatic rings. The van der Waals surface area contributed by atoms with E-state index in [9.17, 15) is 4.79 Å². The van der Waals surface area contributed by atoms with Gasteiger partial charge in [-0.2, -0.15) is 11.8 Å². The monoisotopic (exact) mass is 441 g/mol. The van der Waals surface area contributed by atoms with E-state index in [1.807, 2.05) is 26.0 Å². The van der Waals surface area contributed by atoms with E-state index in [0.717, 1.165) is 35.0 Å². The fourth-order valence-electron chi connectivity index (χ4n) is 2.51. The van der Waals surface area contributed by atoms with Crippen molar-refractivity contribution < 1.29 is 0 Å². The van der Waals surface area contributed by atoms with E-state index >= 15 is 0 Å². The van der Waals surface area contributed by atoms with Gasteiger partial charge in [-0.1, -0.05) is 29.8 Å². The third-order valence-electron chi connectivity index (χ3n) is 4.10. The fourth-order valence-corrected chi connectivity index (χ4v) is 3.38. The smallest absolute Gasteiger partial charge is 0.255 e. The van der Waals surface area contributed by atoms with E-state index in [0.29, 0.717) is 17.9 Å². The second-order valence-electron chi connectivity index (χ2n) is 6.20. The summed E-state index contributed by atoms with van der Waals surface area (Å²) < 4.78 is 0. The summed E-state index contributed by atoms with van der Waals surface area (Å²) in [4.78, 5) is 26.7. The minimum Gasteiger partial charge on any atom is -0.355 e. The summed E-state index contributed by atoms with van der Waals surface area (Å²) in [5, 5.41) is 3.16. The number of nitrogens with one attached hydrogen (secondary N) is 3. The SMILES string of the molecule is Cc1ccc(Cc2cnc(NCCSCc3nc[nH]c3C)[nH]c2=O)cc1.Cl.Cl. The maximum atomic E-state index is 12.2. The Morgan fingerprint density at radius 2 is 1.86 bits per heavy atom. The summed E-state index contributed by atoms with van der Waals surface area (Å²) in [5.74, 6) is 2.29. The maximum absolute atomic E-state index is 12.2. The number of aromatic amines is 2. The molecule has 0 atom stereocenters. The van der Waals surface area contributed by atoms with E-state index in [1.165, 1.54) is 5.56 Å². The van der Waals surface area contributed by atoms with Gasteiger partial charge in [-0.15, -0.1) is 24.8 Å². The van der Waals surface area contributed by atoms with Crippen molar-refractivity contribution >= 4 is 42.5 Å². The number of aromatic nitrogens is 4. The molecule has 9 heteroatoms. The quantitative estimate of drug-likeness (QED) is 0.461. The lowest BCUT2D eigenvalue weighted by Crippen LogP contribution is -2.18. The molecule has 0 unspecified atom stereocenters. The van der Waals surface area contributed by atoms with Crippen molar-refractivity contribution in [1.82, 2.24) is 19.9 Å². The van der Waals surface area contributed by atoms with Gasteiger partial charge in [-0.3, -0.25) is 9.78 Å². The van der Waals surface area contributed by atoms with Gasteiger partial charge in [0.1, 0.15) is 0 Å². The molecule has 0 bridgehead atoms. The lowest BCUT2D eigenvalue weighted by molar-refractivity contribution is 1.01. The van der Waals surface area contributed by atoms with Crippen LogP contribution < -0.4 is 10.9 Å². The lowest BCUT2D eigenvalue weighted by Gasteiger charge is -2.06. The van der Waals surface area contributed by atoms with Crippen molar-refractivity contribution in [2.45, 2.75) is 26.0 Å². The van der Waals surface area contributed by atoms with Gasteiger partial charge in [-0.05, 0) is 19.4 Å². The summed E-state index contributed by atoms with van der Waals surface area (Å²) in [6, 6.07) is 8.18. The third kappa shape index (κ3) is 6.89. The number of benzene rings is 1. The van der Waals surface area contributed by atoms with E-state index in [1.54, 1.807) is 24.3 Å². The third-order valence-corrected chi connectivity index (χ3v) is 5.07. The van der Waals surface area contributed by atoms with Crippen LogP contribution in [0.3, 0.4) is 0 Å². The molecular formula is C19H25Cl2N5OS. The lowest BCUT2D eigenvalue weighted by atomic mass is 10.1. The zero-order chi connectivity index (χ0) is 18.4. The number of aryl methyl sites for hydroxylation is 2. The van der Waals surface area contributed by atoms with Crippen molar-refractivity contribution in [1.29, 1.82) is 0 Å². The Morgan fingerprint density at radius 1 is 1.11 bits per heavy atom. The fraction of sp³-hybridized carbons (Fsp3) is 0.316. The van der Waals surface area contributed by atoms with E-state index in [4.69, 9.17) is 0 Å². The molecule has 2 heterocycles. The van der Waals surface area contributed by atoms with Gasteiger partial charge in [-0.25, -0.2) is 9.97 Å². The first kappa shape index (κ1) is 24.1. The summed E-state index contributed by atoms with van der Waals surface area (Å²) in [5.41, 5.74) is 5.09. The Morgan fingerprint density at radius 3 is 2.50 bits per heavy atom. The highest BCUT2D eigenvalue weighted by molar-refractivity contribution is 7.98. The number of hydrogen-bond donors (Lipinski definition) is 3. The molecule has 0 saturated heterocycles. The van der Waals surface area contributed by atoms with Crippen LogP contribution >= 0.6 is 36.6 Å². The molecule has 0 aliphatic rings. The number of hydrogen-bond acceptors (Lipinski definition) is 5. The first-order valence-electron chi connectivity index (χ1n) is 8.56. The predicted octanol–water partition coefficient (Wildman–Crippen LogP) is 3.89. The van der Waals surface area contributed by atoms with Crippen molar-refractivity contribution in [3.05, 3.63) is 75.2 Å². The Bertz CT molecular complexity index is 911. The molecule has 0 amide bonds. The van der Waals surface area contributed by atoms with Crippen LogP contribution in [0.2, 0.25) is 0 Å². The van der Waals surface area contributed by atoms with Gasteiger partial charge in [0.15, 0.2) is 0 Å². The number of halogens is 2. The molecule has 1 aromatic carbocycles. The Hall–Kier alpha value is -1.96. The van der Waals surface area contributed by atoms with Crippen LogP contribution in [-0.4, -0.2) is 32.2 Å². The maximum Gasteiger partial charge on any atom is 0.255 e. The number of nitrogens with zero attached hydrogens (tertiary/aromatic N) is 2. The minimum atomic E-state index is -0.0946. The molecule has 3 N–H and O–H groups in total. The molecule has 2 aromatic heterocycles. The van der Waals surface area contributed by atoms with Crippen LogP contribution in [0.15, 0.2) is 41.6 Å². The van der Waals surface area contributed by atoms with Gasteiger partial charge in [0.25, 0.3) is 5.56 Å². The molecule has 28 heavy (non-hydrogen) atoms. The number of anilines is 1. The van der Waals surface area contributed by atoms with Crippen LogP contribution in [0.1, 0.15) is 28.1 Å².